The maximum absolute atomic E-state index is 5.88. The summed E-state index contributed by atoms with van der Waals surface area (Å²) in [7, 11) is 0. The van der Waals surface area contributed by atoms with Crippen molar-refractivity contribution in [2.45, 2.75) is 58.3 Å². The molecule has 0 aliphatic carbocycles. The Morgan fingerprint density at radius 1 is 1.04 bits per heavy atom. The van der Waals surface area contributed by atoms with Gasteiger partial charge in [0.15, 0.2) is 0 Å². The molecule has 1 saturated heterocycles. The topological polar surface area (TPSA) is 24.5 Å². The van der Waals surface area contributed by atoms with Crippen LogP contribution in [0.2, 0.25) is 0 Å². The minimum atomic E-state index is 0.653. The monoisotopic (exact) mass is 332 g/mol. The largest absolute Gasteiger partial charge is 0.494 e. The van der Waals surface area contributed by atoms with Gasteiger partial charge in [-0.15, -0.1) is 0 Å². The van der Waals surface area contributed by atoms with Crippen molar-refractivity contribution in [2.24, 2.45) is 0 Å². The van der Waals surface area contributed by atoms with Gasteiger partial charge in [-0.3, -0.25) is 0 Å². The number of nitrogens with one attached hydrogen (secondary N) is 1. The summed E-state index contributed by atoms with van der Waals surface area (Å²) >= 11 is 0. The fourth-order valence-corrected chi connectivity index (χ4v) is 3.41. The van der Waals surface area contributed by atoms with Crippen LogP contribution in [-0.4, -0.2) is 44.2 Å². The molecule has 3 nitrogen and oxygen atoms in total. The van der Waals surface area contributed by atoms with E-state index in [1.807, 2.05) is 0 Å². The Balaban J connectivity index is 1.51. The van der Waals surface area contributed by atoms with Crippen LogP contribution in [0.3, 0.4) is 0 Å². The lowest BCUT2D eigenvalue weighted by Crippen LogP contribution is -2.43. The molecule has 1 heterocycles. The molecule has 1 aromatic rings. The molecule has 1 aliphatic heterocycles. The van der Waals surface area contributed by atoms with Crippen molar-refractivity contribution in [2.75, 3.05) is 39.3 Å². The summed E-state index contributed by atoms with van der Waals surface area (Å²) < 4.78 is 5.88. The van der Waals surface area contributed by atoms with Crippen LogP contribution in [0.1, 0.15) is 63.9 Å². The third kappa shape index (κ3) is 7.23. The number of benzene rings is 1. The van der Waals surface area contributed by atoms with Gasteiger partial charge in [-0.1, -0.05) is 45.2 Å². The quantitative estimate of drug-likeness (QED) is 0.607. The van der Waals surface area contributed by atoms with Gasteiger partial charge < -0.3 is 15.0 Å². The first-order valence-electron chi connectivity index (χ1n) is 9.95. The van der Waals surface area contributed by atoms with Crippen LogP contribution in [0, 0.1) is 0 Å². The van der Waals surface area contributed by atoms with E-state index >= 15 is 0 Å². The van der Waals surface area contributed by atoms with Crippen molar-refractivity contribution in [1.82, 2.24) is 10.2 Å². The summed E-state index contributed by atoms with van der Waals surface area (Å²) in [5.41, 5.74) is 1.43. The fourth-order valence-electron chi connectivity index (χ4n) is 3.41. The molecule has 3 heteroatoms. The zero-order valence-electron chi connectivity index (χ0n) is 15.7. The Bertz CT molecular complexity index is 426. The predicted octanol–water partition coefficient (Wildman–Crippen LogP) is 4.43. The van der Waals surface area contributed by atoms with Crippen LogP contribution >= 0.6 is 0 Å². The van der Waals surface area contributed by atoms with Gasteiger partial charge in [-0.25, -0.2) is 0 Å². The third-order valence-electron chi connectivity index (χ3n) is 5.02. The summed E-state index contributed by atoms with van der Waals surface area (Å²) in [6, 6.07) is 8.71. The average Bonchev–Trinajstić information content (AvgIpc) is 2.62. The van der Waals surface area contributed by atoms with Gasteiger partial charge in [0.1, 0.15) is 5.75 Å². The standard InChI is InChI=1S/C21H36N2O/c1-3-8-19(2)20-9-11-21(12-10-20)24-18-7-5-4-6-15-23-16-13-22-14-17-23/h9-12,19,22H,3-8,13-18H2,1-2H3/t19-/m0/s1. The van der Waals surface area contributed by atoms with Gasteiger partial charge in [0, 0.05) is 26.2 Å². The summed E-state index contributed by atoms with van der Waals surface area (Å²) in [6.45, 7) is 11.4. The van der Waals surface area contributed by atoms with E-state index < -0.39 is 0 Å². The van der Waals surface area contributed by atoms with Crippen LogP contribution in [0.4, 0.5) is 0 Å². The Morgan fingerprint density at radius 3 is 2.46 bits per heavy atom. The first-order valence-corrected chi connectivity index (χ1v) is 9.95. The first-order chi connectivity index (χ1) is 11.8. The van der Waals surface area contributed by atoms with Gasteiger partial charge in [-0.05, 0) is 49.4 Å². The minimum absolute atomic E-state index is 0.653. The molecule has 0 bridgehead atoms. The Labute approximate surface area is 148 Å². The highest BCUT2D eigenvalue weighted by Gasteiger charge is 2.08. The number of rotatable bonds is 11. The number of hydrogen-bond donors (Lipinski definition) is 1. The zero-order valence-corrected chi connectivity index (χ0v) is 15.7. The van der Waals surface area contributed by atoms with Gasteiger partial charge in [-0.2, -0.15) is 0 Å². The van der Waals surface area contributed by atoms with Crippen molar-refractivity contribution >= 4 is 0 Å². The lowest BCUT2D eigenvalue weighted by atomic mass is 9.97. The van der Waals surface area contributed by atoms with Crippen LogP contribution in [-0.2, 0) is 0 Å². The van der Waals surface area contributed by atoms with Gasteiger partial charge in [0.05, 0.1) is 6.61 Å². The van der Waals surface area contributed by atoms with Crippen molar-refractivity contribution in [3.8, 4) is 5.75 Å². The van der Waals surface area contributed by atoms with E-state index in [-0.39, 0.29) is 0 Å². The van der Waals surface area contributed by atoms with E-state index in [1.54, 1.807) is 0 Å². The normalized spacial score (nSPS) is 16.9. The van der Waals surface area contributed by atoms with Crippen LogP contribution < -0.4 is 10.1 Å². The molecule has 0 amide bonds. The van der Waals surface area contributed by atoms with Gasteiger partial charge in [0.2, 0.25) is 0 Å². The third-order valence-corrected chi connectivity index (χ3v) is 5.02. The Kier molecular flexibility index (Phi) is 9.22. The smallest absolute Gasteiger partial charge is 0.119 e. The molecule has 1 aromatic carbocycles. The lowest BCUT2D eigenvalue weighted by Gasteiger charge is -2.27. The van der Waals surface area contributed by atoms with Crippen molar-refractivity contribution in [3.63, 3.8) is 0 Å². The van der Waals surface area contributed by atoms with E-state index in [2.05, 4.69) is 48.3 Å². The van der Waals surface area contributed by atoms with Crippen LogP contribution in [0.25, 0.3) is 0 Å². The summed E-state index contributed by atoms with van der Waals surface area (Å²) in [5.74, 6) is 1.67. The van der Waals surface area contributed by atoms with Crippen molar-refractivity contribution < 1.29 is 4.74 Å². The molecule has 0 aromatic heterocycles. The Morgan fingerprint density at radius 2 is 1.75 bits per heavy atom. The highest BCUT2D eigenvalue weighted by molar-refractivity contribution is 5.29. The van der Waals surface area contributed by atoms with Crippen molar-refractivity contribution in [1.29, 1.82) is 0 Å². The second-order valence-corrected chi connectivity index (χ2v) is 7.11. The van der Waals surface area contributed by atoms with E-state index in [0.717, 1.165) is 31.9 Å². The highest BCUT2D eigenvalue weighted by Crippen LogP contribution is 2.23. The number of hydrogen-bond acceptors (Lipinski definition) is 3. The molecule has 2 rings (SSSR count). The summed E-state index contributed by atoms with van der Waals surface area (Å²) in [5, 5.41) is 3.41. The SMILES string of the molecule is CCC[C@H](C)c1ccc(OCCCCCCN2CCNCC2)cc1. The van der Waals surface area contributed by atoms with E-state index in [0.29, 0.717) is 5.92 Å². The highest BCUT2D eigenvalue weighted by atomic mass is 16.5. The number of ether oxygens (including phenoxy) is 1. The number of nitrogens with zero attached hydrogens (tertiary/aromatic N) is 1. The Hall–Kier alpha value is -1.06. The molecule has 1 aliphatic rings. The van der Waals surface area contributed by atoms with Crippen LogP contribution in [0.15, 0.2) is 24.3 Å². The molecule has 0 unspecified atom stereocenters. The summed E-state index contributed by atoms with van der Waals surface area (Å²) in [4.78, 5) is 2.58. The molecule has 1 fully saturated rings. The molecular formula is C21H36N2O. The van der Waals surface area contributed by atoms with E-state index in [9.17, 15) is 0 Å². The molecule has 0 spiro atoms. The average molecular weight is 333 g/mol. The maximum Gasteiger partial charge on any atom is 0.119 e. The van der Waals surface area contributed by atoms with Gasteiger partial charge in [0.25, 0.3) is 0 Å². The van der Waals surface area contributed by atoms with Crippen LogP contribution in [0.5, 0.6) is 5.75 Å². The predicted molar refractivity (Wildman–Crippen MR) is 103 cm³/mol. The molecular weight excluding hydrogens is 296 g/mol. The number of piperazine rings is 1. The molecule has 1 atom stereocenters. The zero-order chi connectivity index (χ0) is 17.0. The minimum Gasteiger partial charge on any atom is -0.494 e. The fraction of sp³-hybridized carbons (Fsp3) is 0.714. The summed E-state index contributed by atoms with van der Waals surface area (Å²) in [6.07, 6.45) is 7.58. The molecule has 24 heavy (non-hydrogen) atoms. The second kappa shape index (κ2) is 11.5. The molecule has 0 radical (unpaired) electrons. The van der Waals surface area contributed by atoms with Crippen molar-refractivity contribution in [3.05, 3.63) is 29.8 Å². The number of unbranched alkanes of at least 4 members (excludes halogenated alkanes) is 3. The van der Waals surface area contributed by atoms with E-state index in [1.165, 1.54) is 57.3 Å². The van der Waals surface area contributed by atoms with Gasteiger partial charge >= 0.3 is 0 Å². The first kappa shape index (κ1) is 19.3. The molecule has 136 valence electrons. The molecule has 1 N–H and O–H groups in total. The lowest BCUT2D eigenvalue weighted by molar-refractivity contribution is 0.234. The maximum atomic E-state index is 5.88. The second-order valence-electron chi connectivity index (χ2n) is 7.11. The van der Waals surface area contributed by atoms with E-state index in [4.69, 9.17) is 4.74 Å². The molecule has 0 saturated carbocycles.